The standard InChI is InChI=1S/C17H17NO5/c1-18(2)16(20)11-4-6-14(7-5-11)23-15-9-12(17(21)22-3)8-13(19)10-15/h4-10,19H,1-3H3. The number of rotatable bonds is 4. The van der Waals surface area contributed by atoms with E-state index in [1.807, 2.05) is 0 Å². The Labute approximate surface area is 133 Å². The molecular weight excluding hydrogens is 298 g/mol. The quantitative estimate of drug-likeness (QED) is 0.878. The number of aromatic hydroxyl groups is 1. The van der Waals surface area contributed by atoms with Crippen molar-refractivity contribution in [2.24, 2.45) is 0 Å². The fraction of sp³-hybridized carbons (Fsp3) is 0.176. The molecule has 0 unspecified atom stereocenters. The van der Waals surface area contributed by atoms with Crippen molar-refractivity contribution >= 4 is 11.9 Å². The minimum absolute atomic E-state index is 0.109. The third-order valence-electron chi connectivity index (χ3n) is 3.06. The van der Waals surface area contributed by atoms with Gasteiger partial charge in [0.25, 0.3) is 5.91 Å². The lowest BCUT2D eigenvalue weighted by Crippen LogP contribution is -2.21. The van der Waals surface area contributed by atoms with Crippen LogP contribution in [0.4, 0.5) is 0 Å². The Bertz CT molecular complexity index is 722. The van der Waals surface area contributed by atoms with Crippen molar-refractivity contribution in [3.8, 4) is 17.2 Å². The highest BCUT2D eigenvalue weighted by molar-refractivity contribution is 5.94. The minimum Gasteiger partial charge on any atom is -0.508 e. The van der Waals surface area contributed by atoms with E-state index in [9.17, 15) is 14.7 Å². The molecule has 23 heavy (non-hydrogen) atoms. The first kappa shape index (κ1) is 16.4. The second-order valence-electron chi connectivity index (χ2n) is 5.03. The second-order valence-corrected chi connectivity index (χ2v) is 5.03. The van der Waals surface area contributed by atoms with Crippen LogP contribution in [0.5, 0.6) is 17.2 Å². The Morgan fingerprint density at radius 2 is 1.61 bits per heavy atom. The molecule has 0 bridgehead atoms. The van der Waals surface area contributed by atoms with Gasteiger partial charge in [-0.1, -0.05) is 0 Å². The van der Waals surface area contributed by atoms with Gasteiger partial charge in [0, 0.05) is 25.7 Å². The summed E-state index contributed by atoms with van der Waals surface area (Å²) < 4.78 is 10.2. The summed E-state index contributed by atoms with van der Waals surface area (Å²) in [5.41, 5.74) is 0.718. The van der Waals surface area contributed by atoms with Gasteiger partial charge < -0.3 is 19.5 Å². The number of carbonyl (C=O) groups is 2. The molecule has 1 N–H and O–H groups in total. The van der Waals surface area contributed by atoms with Gasteiger partial charge in [0.1, 0.15) is 17.2 Å². The van der Waals surface area contributed by atoms with Gasteiger partial charge in [-0.15, -0.1) is 0 Å². The molecule has 2 aromatic rings. The van der Waals surface area contributed by atoms with Crippen molar-refractivity contribution in [1.82, 2.24) is 4.90 Å². The fourth-order valence-electron chi connectivity index (χ4n) is 1.94. The molecule has 0 radical (unpaired) electrons. The number of phenolic OH excluding ortho intramolecular Hbond substituents is 1. The Kier molecular flexibility index (Phi) is 4.85. The summed E-state index contributed by atoms with van der Waals surface area (Å²) in [4.78, 5) is 24.8. The van der Waals surface area contributed by atoms with Crippen molar-refractivity contribution in [1.29, 1.82) is 0 Å². The highest BCUT2D eigenvalue weighted by Gasteiger charge is 2.11. The van der Waals surface area contributed by atoms with E-state index in [2.05, 4.69) is 4.74 Å². The predicted molar refractivity (Wildman–Crippen MR) is 84.0 cm³/mol. The zero-order valence-corrected chi connectivity index (χ0v) is 13.1. The molecule has 0 atom stereocenters. The summed E-state index contributed by atoms with van der Waals surface area (Å²) in [7, 11) is 4.61. The Morgan fingerprint density at radius 3 is 2.17 bits per heavy atom. The van der Waals surface area contributed by atoms with E-state index < -0.39 is 5.97 Å². The van der Waals surface area contributed by atoms with Crippen LogP contribution in [-0.2, 0) is 4.74 Å². The third kappa shape index (κ3) is 4.00. The monoisotopic (exact) mass is 315 g/mol. The summed E-state index contributed by atoms with van der Waals surface area (Å²) in [6.45, 7) is 0. The molecule has 0 aliphatic heterocycles. The number of amides is 1. The molecule has 120 valence electrons. The smallest absolute Gasteiger partial charge is 0.338 e. The topological polar surface area (TPSA) is 76.1 Å². The lowest BCUT2D eigenvalue weighted by molar-refractivity contribution is 0.0599. The van der Waals surface area contributed by atoms with Crippen LogP contribution in [0.3, 0.4) is 0 Å². The zero-order valence-electron chi connectivity index (χ0n) is 13.1. The van der Waals surface area contributed by atoms with Crippen LogP contribution in [0.2, 0.25) is 0 Å². The van der Waals surface area contributed by atoms with Crippen LogP contribution < -0.4 is 4.74 Å². The first-order valence-corrected chi connectivity index (χ1v) is 6.82. The van der Waals surface area contributed by atoms with Crippen molar-refractivity contribution < 1.29 is 24.2 Å². The van der Waals surface area contributed by atoms with Gasteiger partial charge in [-0.2, -0.15) is 0 Å². The summed E-state index contributed by atoms with van der Waals surface area (Å²) in [6, 6.07) is 10.7. The van der Waals surface area contributed by atoms with Crippen LogP contribution >= 0.6 is 0 Å². The van der Waals surface area contributed by atoms with E-state index in [0.717, 1.165) is 0 Å². The average Bonchev–Trinajstić information content (AvgIpc) is 2.53. The molecule has 0 fully saturated rings. The number of methoxy groups -OCH3 is 1. The maximum Gasteiger partial charge on any atom is 0.338 e. The molecule has 0 heterocycles. The SMILES string of the molecule is COC(=O)c1cc(O)cc(Oc2ccc(C(=O)N(C)C)cc2)c1. The summed E-state index contributed by atoms with van der Waals surface area (Å²) in [5, 5.41) is 9.66. The van der Waals surface area contributed by atoms with E-state index >= 15 is 0 Å². The molecule has 1 amide bonds. The number of benzene rings is 2. The maximum atomic E-state index is 11.8. The van der Waals surface area contributed by atoms with Crippen molar-refractivity contribution in [2.45, 2.75) is 0 Å². The third-order valence-corrected chi connectivity index (χ3v) is 3.06. The lowest BCUT2D eigenvalue weighted by Gasteiger charge is -2.11. The number of phenols is 1. The van der Waals surface area contributed by atoms with Gasteiger partial charge in [-0.3, -0.25) is 4.79 Å². The van der Waals surface area contributed by atoms with Crippen LogP contribution in [0.15, 0.2) is 42.5 Å². The van der Waals surface area contributed by atoms with Crippen molar-refractivity contribution in [2.75, 3.05) is 21.2 Å². The maximum absolute atomic E-state index is 11.8. The lowest BCUT2D eigenvalue weighted by atomic mass is 10.2. The number of carbonyl (C=O) groups excluding carboxylic acids is 2. The van der Waals surface area contributed by atoms with Gasteiger partial charge in [-0.25, -0.2) is 4.79 Å². The minimum atomic E-state index is -0.572. The number of nitrogens with zero attached hydrogens (tertiary/aromatic N) is 1. The molecule has 0 aliphatic rings. The van der Waals surface area contributed by atoms with Crippen molar-refractivity contribution in [3.05, 3.63) is 53.6 Å². The number of hydrogen-bond acceptors (Lipinski definition) is 5. The largest absolute Gasteiger partial charge is 0.508 e. The van der Waals surface area contributed by atoms with E-state index in [0.29, 0.717) is 11.3 Å². The molecular formula is C17H17NO5. The van der Waals surface area contributed by atoms with Crippen LogP contribution in [0.1, 0.15) is 20.7 Å². The molecule has 0 aliphatic carbocycles. The zero-order chi connectivity index (χ0) is 17.0. The summed E-state index contributed by atoms with van der Waals surface area (Å²) in [6.07, 6.45) is 0. The number of ether oxygens (including phenoxy) is 2. The van der Waals surface area contributed by atoms with Crippen LogP contribution in [-0.4, -0.2) is 43.1 Å². The number of hydrogen-bond donors (Lipinski definition) is 1. The molecule has 2 aromatic carbocycles. The van der Waals surface area contributed by atoms with Gasteiger partial charge in [0.05, 0.1) is 12.7 Å². The van der Waals surface area contributed by atoms with Gasteiger partial charge >= 0.3 is 5.97 Å². The van der Waals surface area contributed by atoms with Crippen molar-refractivity contribution in [3.63, 3.8) is 0 Å². The average molecular weight is 315 g/mol. The van der Waals surface area contributed by atoms with E-state index in [4.69, 9.17) is 4.74 Å². The Balaban J connectivity index is 2.21. The molecule has 0 saturated carbocycles. The molecule has 0 aromatic heterocycles. The van der Waals surface area contributed by atoms with Gasteiger partial charge in [0.15, 0.2) is 0 Å². The van der Waals surface area contributed by atoms with Gasteiger partial charge in [-0.05, 0) is 36.4 Å². The van der Waals surface area contributed by atoms with E-state index in [1.165, 1.54) is 30.2 Å². The first-order chi connectivity index (χ1) is 10.9. The van der Waals surface area contributed by atoms with Gasteiger partial charge in [0.2, 0.25) is 0 Å². The van der Waals surface area contributed by atoms with E-state index in [1.54, 1.807) is 38.4 Å². The number of esters is 1. The highest BCUT2D eigenvalue weighted by atomic mass is 16.5. The highest BCUT2D eigenvalue weighted by Crippen LogP contribution is 2.27. The molecule has 6 nitrogen and oxygen atoms in total. The van der Waals surface area contributed by atoms with Crippen LogP contribution in [0.25, 0.3) is 0 Å². The predicted octanol–water partition coefficient (Wildman–Crippen LogP) is 2.67. The van der Waals surface area contributed by atoms with Crippen LogP contribution in [0, 0.1) is 0 Å². The molecule has 6 heteroatoms. The Morgan fingerprint density at radius 1 is 0.957 bits per heavy atom. The molecule has 0 saturated heterocycles. The Hall–Kier alpha value is -3.02. The first-order valence-electron chi connectivity index (χ1n) is 6.82. The summed E-state index contributed by atoms with van der Waals surface area (Å²) >= 11 is 0. The fourth-order valence-corrected chi connectivity index (χ4v) is 1.94. The molecule has 0 spiro atoms. The van der Waals surface area contributed by atoms with E-state index in [-0.39, 0.29) is 23.0 Å². The second kappa shape index (κ2) is 6.83. The normalized spacial score (nSPS) is 10.0. The molecule has 2 rings (SSSR count). The summed E-state index contributed by atoms with van der Waals surface area (Å²) in [5.74, 6) is -0.0272.